The first kappa shape index (κ1) is 20.6. The average molecular weight is 426 g/mol. The Morgan fingerprint density at radius 3 is 2.12 bits per heavy atom. The molecule has 0 bridgehead atoms. The van der Waals surface area contributed by atoms with Crippen LogP contribution in [0.4, 0.5) is 11.5 Å². The third-order valence-corrected chi connectivity index (χ3v) is 6.31. The van der Waals surface area contributed by atoms with E-state index in [2.05, 4.69) is 98.2 Å². The zero-order valence-corrected chi connectivity index (χ0v) is 19.4. The summed E-state index contributed by atoms with van der Waals surface area (Å²) < 4.78 is 2.03. The van der Waals surface area contributed by atoms with E-state index in [1.807, 2.05) is 10.7 Å². The topological polar surface area (TPSA) is 36.7 Å². The second kappa shape index (κ2) is 7.97. The Kier molecular flexibility index (Phi) is 5.12. The number of nitrogens with zero attached hydrogens (tertiary/aromatic N) is 5. The van der Waals surface area contributed by atoms with Crippen LogP contribution in [0, 0.1) is 6.92 Å². The van der Waals surface area contributed by atoms with Crippen LogP contribution >= 0.6 is 0 Å². The van der Waals surface area contributed by atoms with E-state index in [1.165, 1.54) is 11.3 Å². The summed E-state index contributed by atoms with van der Waals surface area (Å²) in [5.74, 6) is 1.13. The van der Waals surface area contributed by atoms with E-state index in [9.17, 15) is 0 Å². The predicted octanol–water partition coefficient (Wildman–Crippen LogP) is 5.33. The van der Waals surface area contributed by atoms with E-state index in [0.717, 1.165) is 54.5 Å². The van der Waals surface area contributed by atoms with Crippen LogP contribution in [0.3, 0.4) is 0 Å². The van der Waals surface area contributed by atoms with Crippen molar-refractivity contribution in [3.8, 4) is 11.1 Å². The molecule has 1 saturated heterocycles. The summed E-state index contributed by atoms with van der Waals surface area (Å²) >= 11 is 0. The molecule has 1 aliphatic heterocycles. The van der Waals surface area contributed by atoms with Crippen molar-refractivity contribution in [3.05, 3.63) is 78.1 Å². The fraction of sp³-hybridized carbons (Fsp3) is 0.333. The monoisotopic (exact) mass is 425 g/mol. The van der Waals surface area contributed by atoms with E-state index in [1.54, 1.807) is 0 Å². The molecule has 2 aromatic heterocycles. The minimum Gasteiger partial charge on any atom is -0.368 e. The maximum absolute atomic E-state index is 5.09. The number of hydrogen-bond acceptors (Lipinski definition) is 4. The lowest BCUT2D eigenvalue weighted by molar-refractivity contribution is 0.565. The molecule has 5 nitrogen and oxygen atoms in total. The number of rotatable bonds is 3. The molecular formula is C27H31N5. The van der Waals surface area contributed by atoms with Crippen LogP contribution in [-0.4, -0.2) is 40.8 Å². The Morgan fingerprint density at radius 1 is 0.812 bits per heavy atom. The van der Waals surface area contributed by atoms with Crippen LogP contribution in [-0.2, 0) is 5.41 Å². The molecule has 4 aromatic rings. The van der Waals surface area contributed by atoms with Gasteiger partial charge in [0.15, 0.2) is 5.65 Å². The molecule has 32 heavy (non-hydrogen) atoms. The first-order valence-electron chi connectivity index (χ1n) is 11.4. The predicted molar refractivity (Wildman–Crippen MR) is 133 cm³/mol. The normalized spacial score (nSPS) is 14.9. The number of benzene rings is 2. The Balaban J connectivity index is 1.53. The van der Waals surface area contributed by atoms with Crippen molar-refractivity contribution in [2.45, 2.75) is 33.1 Å². The lowest BCUT2D eigenvalue weighted by Crippen LogP contribution is -2.47. The molecule has 5 rings (SSSR count). The van der Waals surface area contributed by atoms with Crippen molar-refractivity contribution in [1.29, 1.82) is 0 Å². The van der Waals surface area contributed by atoms with Gasteiger partial charge >= 0.3 is 0 Å². The number of anilines is 2. The van der Waals surface area contributed by atoms with Gasteiger partial charge in [0.2, 0.25) is 0 Å². The summed E-state index contributed by atoms with van der Waals surface area (Å²) in [6, 6.07) is 21.5. The standard InChI is InChI=1S/C27H31N5/c1-20-10-12-21(13-11-20)23-19-28-32-25(18-24(27(2,3)4)29-26(23)32)31-16-14-30(15-17-31)22-8-6-5-7-9-22/h5-13,18-19H,14-17H2,1-4H3. The van der Waals surface area contributed by atoms with Gasteiger partial charge in [-0.3, -0.25) is 0 Å². The summed E-state index contributed by atoms with van der Waals surface area (Å²) in [6.07, 6.45) is 1.96. The van der Waals surface area contributed by atoms with Crippen LogP contribution in [0.25, 0.3) is 16.8 Å². The largest absolute Gasteiger partial charge is 0.368 e. The van der Waals surface area contributed by atoms with Crippen molar-refractivity contribution in [3.63, 3.8) is 0 Å². The molecule has 2 aromatic carbocycles. The fourth-order valence-corrected chi connectivity index (χ4v) is 4.33. The minimum atomic E-state index is -0.0445. The third-order valence-electron chi connectivity index (χ3n) is 6.31. The van der Waals surface area contributed by atoms with Crippen LogP contribution in [0.1, 0.15) is 32.0 Å². The molecule has 0 atom stereocenters. The van der Waals surface area contributed by atoms with Crippen molar-refractivity contribution in [2.24, 2.45) is 0 Å². The van der Waals surface area contributed by atoms with Crippen molar-refractivity contribution < 1.29 is 0 Å². The van der Waals surface area contributed by atoms with Crippen molar-refractivity contribution in [2.75, 3.05) is 36.0 Å². The van der Waals surface area contributed by atoms with E-state index >= 15 is 0 Å². The lowest BCUT2D eigenvalue weighted by atomic mass is 9.91. The molecule has 0 unspecified atom stereocenters. The molecule has 3 heterocycles. The van der Waals surface area contributed by atoms with Gasteiger partial charge in [0.1, 0.15) is 5.82 Å². The molecule has 1 fully saturated rings. The Labute approximate surface area is 190 Å². The highest BCUT2D eigenvalue weighted by Gasteiger charge is 2.25. The second-order valence-electron chi connectivity index (χ2n) is 9.72. The Morgan fingerprint density at radius 2 is 1.47 bits per heavy atom. The van der Waals surface area contributed by atoms with Gasteiger partial charge in [0.25, 0.3) is 0 Å². The SMILES string of the molecule is Cc1ccc(-c2cnn3c(N4CCN(c5ccccc5)CC4)cc(C(C)(C)C)nc23)cc1. The van der Waals surface area contributed by atoms with E-state index in [-0.39, 0.29) is 5.41 Å². The summed E-state index contributed by atoms with van der Waals surface area (Å²) in [5.41, 5.74) is 6.77. The van der Waals surface area contributed by atoms with E-state index < -0.39 is 0 Å². The number of fused-ring (bicyclic) bond motifs is 1. The molecule has 5 heteroatoms. The number of piperazine rings is 1. The number of aromatic nitrogens is 3. The van der Waals surface area contributed by atoms with Crippen LogP contribution < -0.4 is 9.80 Å². The van der Waals surface area contributed by atoms with Gasteiger partial charge in [0, 0.05) is 48.9 Å². The molecule has 0 amide bonds. The maximum atomic E-state index is 5.09. The van der Waals surface area contributed by atoms with Gasteiger partial charge < -0.3 is 9.80 Å². The van der Waals surface area contributed by atoms with E-state index in [0.29, 0.717) is 0 Å². The van der Waals surface area contributed by atoms with Gasteiger partial charge in [-0.15, -0.1) is 0 Å². The van der Waals surface area contributed by atoms with Crippen molar-refractivity contribution in [1.82, 2.24) is 14.6 Å². The quantitative estimate of drug-likeness (QED) is 0.445. The molecular weight excluding hydrogens is 394 g/mol. The average Bonchev–Trinajstić information content (AvgIpc) is 3.23. The van der Waals surface area contributed by atoms with Crippen LogP contribution in [0.5, 0.6) is 0 Å². The van der Waals surface area contributed by atoms with Gasteiger partial charge in [-0.25, -0.2) is 4.98 Å². The third kappa shape index (κ3) is 3.83. The highest BCUT2D eigenvalue weighted by molar-refractivity contribution is 5.78. The molecule has 0 spiro atoms. The summed E-state index contributed by atoms with van der Waals surface area (Å²) in [6.45, 7) is 12.7. The van der Waals surface area contributed by atoms with Crippen molar-refractivity contribution >= 4 is 17.2 Å². The highest BCUT2D eigenvalue weighted by atomic mass is 15.4. The summed E-state index contributed by atoms with van der Waals surface area (Å²) in [4.78, 5) is 10.00. The fourth-order valence-electron chi connectivity index (χ4n) is 4.33. The maximum Gasteiger partial charge on any atom is 0.165 e. The van der Waals surface area contributed by atoms with Gasteiger partial charge in [0.05, 0.1) is 11.9 Å². The Hall–Kier alpha value is -3.34. The van der Waals surface area contributed by atoms with E-state index in [4.69, 9.17) is 10.1 Å². The van der Waals surface area contributed by atoms with Crippen LogP contribution in [0.2, 0.25) is 0 Å². The molecule has 0 saturated carbocycles. The molecule has 164 valence electrons. The first-order valence-corrected chi connectivity index (χ1v) is 11.4. The van der Waals surface area contributed by atoms with Gasteiger partial charge in [-0.05, 0) is 24.6 Å². The Bertz CT molecular complexity index is 1210. The summed E-state index contributed by atoms with van der Waals surface area (Å²) in [5, 5.41) is 4.79. The lowest BCUT2D eigenvalue weighted by Gasteiger charge is -2.37. The highest BCUT2D eigenvalue weighted by Crippen LogP contribution is 2.31. The van der Waals surface area contributed by atoms with Crippen LogP contribution in [0.15, 0.2) is 66.9 Å². The second-order valence-corrected chi connectivity index (χ2v) is 9.72. The smallest absolute Gasteiger partial charge is 0.165 e. The molecule has 0 N–H and O–H groups in total. The van der Waals surface area contributed by atoms with Gasteiger partial charge in [-0.1, -0.05) is 68.8 Å². The zero-order valence-electron chi connectivity index (χ0n) is 19.4. The minimum absolute atomic E-state index is 0.0445. The van der Waals surface area contributed by atoms with Gasteiger partial charge in [-0.2, -0.15) is 9.61 Å². The molecule has 0 aliphatic carbocycles. The number of aryl methyl sites for hydroxylation is 1. The number of para-hydroxylation sites is 1. The molecule has 1 aliphatic rings. The first-order chi connectivity index (χ1) is 15.4. The zero-order chi connectivity index (χ0) is 22.3. The number of hydrogen-bond donors (Lipinski definition) is 0. The molecule has 0 radical (unpaired) electrons. The summed E-state index contributed by atoms with van der Waals surface area (Å²) in [7, 11) is 0.